The Morgan fingerprint density at radius 2 is 1.81 bits per heavy atom. The number of aryl methyl sites for hydroxylation is 1. The smallest absolute Gasteiger partial charge is 0.255 e. The third-order valence-electron chi connectivity index (χ3n) is 6.88. The van der Waals surface area contributed by atoms with Gasteiger partial charge in [0, 0.05) is 18.7 Å². The second-order valence-corrected chi connectivity index (χ2v) is 9.76. The van der Waals surface area contributed by atoms with Crippen LogP contribution in [-0.2, 0) is 17.8 Å². The number of hydrogen-bond donors (Lipinski definition) is 3. The van der Waals surface area contributed by atoms with Crippen molar-refractivity contribution in [3.8, 4) is 17.2 Å². The molecular weight excluding hydrogens is 534 g/mol. The van der Waals surface area contributed by atoms with Crippen LogP contribution in [0.1, 0.15) is 43.3 Å². The van der Waals surface area contributed by atoms with Crippen LogP contribution in [0.2, 0.25) is 0 Å². The summed E-state index contributed by atoms with van der Waals surface area (Å²) in [4.78, 5) is 18.6. The third kappa shape index (κ3) is 6.23. The van der Waals surface area contributed by atoms with Crippen molar-refractivity contribution >= 4 is 17.5 Å². The average Bonchev–Trinajstić information content (AvgIpc) is 3.41. The van der Waals surface area contributed by atoms with Gasteiger partial charge in [-0.05, 0) is 55.7 Å². The zero-order valence-electron chi connectivity index (χ0n) is 24.0. The van der Waals surface area contributed by atoms with Crippen LogP contribution in [0.15, 0.2) is 84.1 Å². The maximum atomic E-state index is 13.9. The van der Waals surface area contributed by atoms with E-state index in [-0.39, 0.29) is 12.5 Å². The van der Waals surface area contributed by atoms with Crippen molar-refractivity contribution in [2.75, 3.05) is 31.0 Å². The summed E-state index contributed by atoms with van der Waals surface area (Å²) in [6, 6.07) is 22.2. The fourth-order valence-corrected chi connectivity index (χ4v) is 4.90. The van der Waals surface area contributed by atoms with Crippen molar-refractivity contribution in [3.05, 3.63) is 101 Å². The van der Waals surface area contributed by atoms with Gasteiger partial charge in [0.1, 0.15) is 18.4 Å². The molecule has 1 atom stereocenters. The number of carbonyl (C=O) groups excluding carboxylic acids is 1. The lowest BCUT2D eigenvalue weighted by Gasteiger charge is -2.29. The van der Waals surface area contributed by atoms with E-state index < -0.39 is 6.04 Å². The molecule has 10 heteroatoms. The molecule has 218 valence electrons. The van der Waals surface area contributed by atoms with Crippen LogP contribution in [0.5, 0.6) is 17.2 Å². The number of aliphatic hydroxyl groups excluding tert-OH is 1. The van der Waals surface area contributed by atoms with E-state index in [0.29, 0.717) is 72.0 Å². The molecule has 1 unspecified atom stereocenters. The van der Waals surface area contributed by atoms with Gasteiger partial charge in [0.25, 0.3) is 5.91 Å². The molecule has 42 heavy (non-hydrogen) atoms. The number of benzene rings is 3. The van der Waals surface area contributed by atoms with Gasteiger partial charge < -0.3 is 30.0 Å². The number of nitrogens with zero attached hydrogens (tertiary/aromatic N) is 3. The molecule has 0 saturated carbocycles. The average molecular weight is 570 g/mol. The van der Waals surface area contributed by atoms with E-state index in [1.165, 1.54) is 0 Å². The normalized spacial score (nSPS) is 14.1. The van der Waals surface area contributed by atoms with Gasteiger partial charge in [-0.3, -0.25) is 4.79 Å². The first-order chi connectivity index (χ1) is 20.5. The SMILES string of the molecule is CCOc1cc(C2C(C(=O)Nc3ccccc3OC)=C(C)Nc3nc(CCCO)nn32)ccc1OCc1ccccc1. The maximum Gasteiger partial charge on any atom is 0.255 e. The number of aliphatic hydroxyl groups is 1. The summed E-state index contributed by atoms with van der Waals surface area (Å²) in [6.45, 7) is 4.62. The number of fused-ring (bicyclic) bond motifs is 1. The van der Waals surface area contributed by atoms with Gasteiger partial charge in [0.15, 0.2) is 17.3 Å². The molecule has 0 spiro atoms. The molecule has 4 aromatic rings. The molecule has 1 amide bonds. The third-order valence-corrected chi connectivity index (χ3v) is 6.88. The van der Waals surface area contributed by atoms with Crippen LogP contribution >= 0.6 is 0 Å². The number of anilines is 2. The van der Waals surface area contributed by atoms with Crippen molar-refractivity contribution in [2.45, 2.75) is 39.3 Å². The standard InChI is InChI=1S/C32H35N5O5/c1-4-41-27-19-23(16-17-26(27)42-20-22-11-6-5-7-12-22)30-29(31(39)34-24-13-8-9-14-25(24)40-3)21(2)33-32-35-28(15-10-18-38)36-37(30)32/h5-9,11-14,16-17,19,30,38H,4,10,15,18,20H2,1-3H3,(H,34,39)(H,33,35,36). The van der Waals surface area contributed by atoms with E-state index in [9.17, 15) is 9.90 Å². The Morgan fingerprint density at radius 3 is 2.57 bits per heavy atom. The quantitative estimate of drug-likeness (QED) is 0.215. The van der Waals surface area contributed by atoms with Crippen LogP contribution in [-0.4, -0.2) is 46.1 Å². The first-order valence-corrected chi connectivity index (χ1v) is 13.9. The number of rotatable bonds is 12. The van der Waals surface area contributed by atoms with Crippen molar-refractivity contribution < 1.29 is 24.1 Å². The molecule has 5 rings (SSSR count). The Bertz CT molecular complexity index is 1570. The van der Waals surface area contributed by atoms with Crippen LogP contribution in [0.3, 0.4) is 0 Å². The topological polar surface area (TPSA) is 120 Å². The van der Waals surface area contributed by atoms with Crippen LogP contribution in [0.25, 0.3) is 0 Å². The summed E-state index contributed by atoms with van der Waals surface area (Å²) in [7, 11) is 1.56. The molecule has 0 fully saturated rings. The highest BCUT2D eigenvalue weighted by atomic mass is 16.5. The molecule has 2 heterocycles. The number of methoxy groups -OCH3 is 1. The minimum Gasteiger partial charge on any atom is -0.495 e. The minimum atomic E-state index is -0.617. The Morgan fingerprint density at radius 1 is 1.02 bits per heavy atom. The maximum absolute atomic E-state index is 13.9. The van der Waals surface area contributed by atoms with Crippen molar-refractivity contribution in [2.24, 2.45) is 0 Å². The number of ether oxygens (including phenoxy) is 3. The van der Waals surface area contributed by atoms with Crippen LogP contribution in [0.4, 0.5) is 11.6 Å². The molecule has 0 aliphatic carbocycles. The Labute approximate surface area is 245 Å². The first kappa shape index (κ1) is 28.7. The summed E-state index contributed by atoms with van der Waals surface area (Å²) >= 11 is 0. The molecule has 10 nitrogen and oxygen atoms in total. The Hall–Kier alpha value is -4.83. The Balaban J connectivity index is 1.54. The van der Waals surface area contributed by atoms with E-state index in [1.807, 2.05) is 74.5 Å². The summed E-state index contributed by atoms with van der Waals surface area (Å²) < 4.78 is 19.3. The number of aromatic nitrogens is 3. The number of hydrogen-bond acceptors (Lipinski definition) is 8. The zero-order valence-corrected chi connectivity index (χ0v) is 24.0. The monoisotopic (exact) mass is 569 g/mol. The molecule has 1 aliphatic rings. The van der Waals surface area contributed by atoms with Crippen molar-refractivity contribution in [3.63, 3.8) is 0 Å². The molecular formula is C32H35N5O5. The lowest BCUT2D eigenvalue weighted by Crippen LogP contribution is -2.31. The highest BCUT2D eigenvalue weighted by Gasteiger charge is 2.35. The van der Waals surface area contributed by atoms with E-state index in [2.05, 4.69) is 15.6 Å². The lowest BCUT2D eigenvalue weighted by atomic mass is 9.94. The molecule has 0 bridgehead atoms. The fourth-order valence-electron chi connectivity index (χ4n) is 4.90. The predicted octanol–water partition coefficient (Wildman–Crippen LogP) is 5.12. The van der Waals surface area contributed by atoms with Crippen LogP contribution < -0.4 is 24.8 Å². The Kier molecular flexibility index (Phi) is 9.03. The summed E-state index contributed by atoms with van der Waals surface area (Å²) in [5.41, 5.74) is 3.47. The molecule has 0 saturated heterocycles. The van der Waals surface area contributed by atoms with Crippen molar-refractivity contribution in [1.82, 2.24) is 14.8 Å². The second-order valence-electron chi connectivity index (χ2n) is 9.76. The van der Waals surface area contributed by atoms with Gasteiger partial charge >= 0.3 is 0 Å². The number of amides is 1. The minimum absolute atomic E-state index is 0.0345. The highest BCUT2D eigenvalue weighted by molar-refractivity contribution is 6.06. The zero-order chi connectivity index (χ0) is 29.5. The lowest BCUT2D eigenvalue weighted by molar-refractivity contribution is -0.113. The molecule has 3 N–H and O–H groups in total. The van der Waals surface area contributed by atoms with E-state index in [1.54, 1.807) is 23.9 Å². The van der Waals surface area contributed by atoms with Crippen LogP contribution in [0, 0.1) is 0 Å². The number of nitrogens with one attached hydrogen (secondary N) is 2. The molecule has 1 aromatic heterocycles. The number of allylic oxidation sites excluding steroid dienone is 1. The molecule has 3 aromatic carbocycles. The van der Waals surface area contributed by atoms with Gasteiger partial charge in [-0.1, -0.05) is 48.5 Å². The van der Waals surface area contributed by atoms with E-state index in [4.69, 9.17) is 19.3 Å². The van der Waals surface area contributed by atoms with Gasteiger partial charge in [0.2, 0.25) is 5.95 Å². The molecule has 1 aliphatic heterocycles. The van der Waals surface area contributed by atoms with Gasteiger partial charge in [-0.25, -0.2) is 4.68 Å². The number of carbonyl (C=O) groups is 1. The fraction of sp³-hybridized carbons (Fsp3) is 0.281. The van der Waals surface area contributed by atoms with E-state index >= 15 is 0 Å². The largest absolute Gasteiger partial charge is 0.495 e. The molecule has 0 radical (unpaired) electrons. The second kappa shape index (κ2) is 13.2. The van der Waals surface area contributed by atoms with Gasteiger partial charge in [-0.15, -0.1) is 0 Å². The van der Waals surface area contributed by atoms with Gasteiger partial charge in [0.05, 0.1) is 25.0 Å². The first-order valence-electron chi connectivity index (χ1n) is 13.9. The summed E-state index contributed by atoms with van der Waals surface area (Å²) in [6.07, 6.45) is 1.03. The van der Waals surface area contributed by atoms with E-state index in [0.717, 1.165) is 11.1 Å². The summed E-state index contributed by atoms with van der Waals surface area (Å²) in [5, 5.41) is 20.4. The highest BCUT2D eigenvalue weighted by Crippen LogP contribution is 2.40. The van der Waals surface area contributed by atoms with Gasteiger partial charge in [-0.2, -0.15) is 10.1 Å². The summed E-state index contributed by atoms with van der Waals surface area (Å²) in [5.74, 6) is 2.49. The number of para-hydroxylation sites is 2. The van der Waals surface area contributed by atoms with Crippen molar-refractivity contribution in [1.29, 1.82) is 0 Å². The predicted molar refractivity (Wildman–Crippen MR) is 160 cm³/mol.